The van der Waals surface area contributed by atoms with Crippen LogP contribution in [0, 0.1) is 5.92 Å². The van der Waals surface area contributed by atoms with Crippen molar-refractivity contribution in [1.29, 1.82) is 0 Å². The Bertz CT molecular complexity index is 316. The number of nitrogens with zero attached hydrogens (tertiary/aromatic N) is 1. The van der Waals surface area contributed by atoms with E-state index >= 15 is 0 Å². The first-order chi connectivity index (χ1) is 8.97. The van der Waals surface area contributed by atoms with Gasteiger partial charge in [-0.15, -0.1) is 0 Å². The van der Waals surface area contributed by atoms with Crippen molar-refractivity contribution in [1.82, 2.24) is 15.5 Å². The smallest absolute Gasteiger partial charge is 0.326 e. The summed E-state index contributed by atoms with van der Waals surface area (Å²) in [6.07, 6.45) is 2.53. The Morgan fingerprint density at radius 1 is 1.42 bits per heavy atom. The van der Waals surface area contributed by atoms with Crippen molar-refractivity contribution < 1.29 is 14.7 Å². The molecule has 0 aromatic rings. The number of carboxylic acid groups (broad SMARTS) is 1. The second-order valence-corrected chi connectivity index (χ2v) is 5.24. The van der Waals surface area contributed by atoms with Gasteiger partial charge in [0.05, 0.1) is 0 Å². The zero-order valence-electron chi connectivity index (χ0n) is 12.0. The first-order valence-corrected chi connectivity index (χ1v) is 6.94. The summed E-state index contributed by atoms with van der Waals surface area (Å²) in [7, 11) is 1.74. The van der Waals surface area contributed by atoms with Crippen molar-refractivity contribution in [3.8, 4) is 0 Å². The molecule has 0 unspecified atom stereocenters. The van der Waals surface area contributed by atoms with Crippen molar-refractivity contribution in [3.63, 3.8) is 0 Å². The van der Waals surface area contributed by atoms with E-state index in [2.05, 4.69) is 10.6 Å². The lowest BCUT2D eigenvalue weighted by atomic mass is 9.99. The normalized spacial score (nSPS) is 19.5. The van der Waals surface area contributed by atoms with Gasteiger partial charge < -0.3 is 20.6 Å². The first kappa shape index (κ1) is 15.8. The molecular weight excluding hydrogens is 246 g/mol. The van der Waals surface area contributed by atoms with E-state index < -0.39 is 12.0 Å². The van der Waals surface area contributed by atoms with Gasteiger partial charge in [-0.3, -0.25) is 0 Å². The maximum atomic E-state index is 12.1. The lowest BCUT2D eigenvalue weighted by Gasteiger charge is -2.33. The molecule has 1 saturated heterocycles. The average Bonchev–Trinajstić information content (AvgIpc) is 2.43. The van der Waals surface area contributed by atoms with Crippen LogP contribution >= 0.6 is 0 Å². The summed E-state index contributed by atoms with van der Waals surface area (Å²) < 4.78 is 0. The zero-order valence-corrected chi connectivity index (χ0v) is 12.0. The third-order valence-corrected chi connectivity index (χ3v) is 3.93. The van der Waals surface area contributed by atoms with Crippen LogP contribution in [0.4, 0.5) is 4.79 Å². The molecule has 1 rings (SSSR count). The van der Waals surface area contributed by atoms with E-state index in [1.54, 1.807) is 11.9 Å². The Balaban J connectivity index is 2.57. The van der Waals surface area contributed by atoms with E-state index in [0.29, 0.717) is 6.42 Å². The van der Waals surface area contributed by atoms with Crippen LogP contribution < -0.4 is 10.6 Å². The fraction of sp³-hybridized carbons (Fsp3) is 0.846. The fourth-order valence-electron chi connectivity index (χ4n) is 2.28. The molecule has 110 valence electrons. The van der Waals surface area contributed by atoms with Crippen LogP contribution in [0.25, 0.3) is 0 Å². The minimum absolute atomic E-state index is 0.0807. The second-order valence-electron chi connectivity index (χ2n) is 5.24. The van der Waals surface area contributed by atoms with Gasteiger partial charge in [0.15, 0.2) is 0 Å². The minimum atomic E-state index is -0.971. The summed E-state index contributed by atoms with van der Waals surface area (Å²) in [5, 5.41) is 15.0. The number of carbonyl (C=O) groups is 2. The fourth-order valence-corrected chi connectivity index (χ4v) is 2.28. The van der Waals surface area contributed by atoms with Crippen molar-refractivity contribution in [2.75, 3.05) is 20.1 Å². The number of nitrogens with one attached hydrogen (secondary N) is 2. The van der Waals surface area contributed by atoms with Gasteiger partial charge >= 0.3 is 12.0 Å². The van der Waals surface area contributed by atoms with E-state index in [1.807, 2.05) is 13.8 Å². The van der Waals surface area contributed by atoms with Gasteiger partial charge in [0, 0.05) is 13.1 Å². The van der Waals surface area contributed by atoms with Crippen LogP contribution in [-0.2, 0) is 4.79 Å². The molecule has 0 aromatic heterocycles. The highest BCUT2D eigenvalue weighted by Gasteiger charge is 2.29. The van der Waals surface area contributed by atoms with Crippen LogP contribution in [0.2, 0.25) is 0 Å². The number of amides is 2. The van der Waals surface area contributed by atoms with Gasteiger partial charge in [0.25, 0.3) is 0 Å². The van der Waals surface area contributed by atoms with Crippen LogP contribution in [0.3, 0.4) is 0 Å². The summed E-state index contributed by atoms with van der Waals surface area (Å²) in [5.41, 5.74) is 0. The average molecular weight is 271 g/mol. The van der Waals surface area contributed by atoms with E-state index in [-0.39, 0.29) is 18.0 Å². The Labute approximate surface area is 114 Å². The van der Waals surface area contributed by atoms with E-state index in [4.69, 9.17) is 0 Å². The Morgan fingerprint density at radius 2 is 2.00 bits per heavy atom. The molecule has 1 aliphatic heterocycles. The number of carbonyl (C=O) groups excluding carboxylic acids is 1. The van der Waals surface area contributed by atoms with Crippen molar-refractivity contribution in [2.24, 2.45) is 5.92 Å². The minimum Gasteiger partial charge on any atom is -0.480 e. The largest absolute Gasteiger partial charge is 0.480 e. The highest BCUT2D eigenvalue weighted by molar-refractivity contribution is 5.82. The Morgan fingerprint density at radius 3 is 2.47 bits per heavy atom. The number of aliphatic carboxylic acids is 1. The number of carboxylic acids is 1. The maximum absolute atomic E-state index is 12.1. The lowest BCUT2D eigenvalue weighted by Crippen LogP contribution is -2.53. The van der Waals surface area contributed by atoms with Gasteiger partial charge in [0.1, 0.15) is 6.04 Å². The van der Waals surface area contributed by atoms with E-state index in [1.165, 1.54) is 0 Å². The van der Waals surface area contributed by atoms with Crippen molar-refractivity contribution >= 4 is 12.0 Å². The van der Waals surface area contributed by atoms with Crippen LogP contribution in [0.15, 0.2) is 0 Å². The molecule has 6 nitrogen and oxygen atoms in total. The Kier molecular flexibility index (Phi) is 6.08. The summed E-state index contributed by atoms with van der Waals surface area (Å²) in [5.74, 6) is -1.05. The van der Waals surface area contributed by atoms with Gasteiger partial charge in [-0.05, 0) is 31.8 Å². The highest BCUT2D eigenvalue weighted by atomic mass is 16.4. The molecule has 1 heterocycles. The molecule has 19 heavy (non-hydrogen) atoms. The molecule has 0 spiro atoms. The van der Waals surface area contributed by atoms with Crippen molar-refractivity contribution in [2.45, 2.75) is 45.2 Å². The predicted molar refractivity (Wildman–Crippen MR) is 73.1 cm³/mol. The highest BCUT2D eigenvalue weighted by Crippen LogP contribution is 2.12. The summed E-state index contributed by atoms with van der Waals surface area (Å²) in [6.45, 7) is 5.55. The molecule has 1 aliphatic rings. The zero-order chi connectivity index (χ0) is 14.4. The number of piperidine rings is 1. The van der Waals surface area contributed by atoms with Crippen LogP contribution in [0.5, 0.6) is 0 Å². The monoisotopic (exact) mass is 271 g/mol. The molecular formula is C13H25N3O3. The summed E-state index contributed by atoms with van der Waals surface area (Å²) >= 11 is 0. The van der Waals surface area contributed by atoms with Crippen LogP contribution in [-0.4, -0.2) is 54.2 Å². The lowest BCUT2D eigenvalue weighted by molar-refractivity contribution is -0.140. The molecule has 0 aromatic carbocycles. The standard InChI is InChI=1S/C13H25N3O3/c1-4-9(2)11(12(17)18)15-13(19)16(3)10-5-7-14-8-6-10/h9-11,14H,4-8H2,1-3H3,(H,15,19)(H,17,18)/t9-,11-/m0/s1. The molecule has 0 saturated carbocycles. The van der Waals surface area contributed by atoms with E-state index in [9.17, 15) is 14.7 Å². The van der Waals surface area contributed by atoms with Gasteiger partial charge in [-0.2, -0.15) is 0 Å². The predicted octanol–water partition coefficient (Wildman–Crippen LogP) is 0.879. The number of hydrogen-bond donors (Lipinski definition) is 3. The molecule has 2 amide bonds. The first-order valence-electron chi connectivity index (χ1n) is 6.94. The number of urea groups is 1. The quantitative estimate of drug-likeness (QED) is 0.693. The van der Waals surface area contributed by atoms with Gasteiger partial charge in [-0.25, -0.2) is 9.59 Å². The van der Waals surface area contributed by atoms with E-state index in [0.717, 1.165) is 25.9 Å². The summed E-state index contributed by atoms with van der Waals surface area (Å²) in [6, 6.07) is -0.922. The summed E-state index contributed by atoms with van der Waals surface area (Å²) in [4.78, 5) is 24.9. The van der Waals surface area contributed by atoms with Gasteiger partial charge in [0.2, 0.25) is 0 Å². The molecule has 0 radical (unpaired) electrons. The maximum Gasteiger partial charge on any atom is 0.326 e. The third-order valence-electron chi connectivity index (χ3n) is 3.93. The number of rotatable bonds is 5. The Hall–Kier alpha value is -1.30. The van der Waals surface area contributed by atoms with Crippen molar-refractivity contribution in [3.05, 3.63) is 0 Å². The molecule has 2 atom stereocenters. The van der Waals surface area contributed by atoms with Gasteiger partial charge in [-0.1, -0.05) is 20.3 Å². The number of hydrogen-bond acceptors (Lipinski definition) is 3. The molecule has 1 fully saturated rings. The molecule has 0 bridgehead atoms. The molecule has 0 aliphatic carbocycles. The molecule has 3 N–H and O–H groups in total. The van der Waals surface area contributed by atoms with Crippen LogP contribution in [0.1, 0.15) is 33.1 Å². The topological polar surface area (TPSA) is 81.7 Å². The SMILES string of the molecule is CC[C@H](C)[C@H](NC(=O)N(C)C1CCNCC1)C(=O)O. The second kappa shape index (κ2) is 7.33. The molecule has 6 heteroatoms. The third kappa shape index (κ3) is 4.38.